The molecule has 3 unspecified atom stereocenters. The van der Waals surface area contributed by atoms with Gasteiger partial charge in [-0.05, 0) is 42.4 Å². The van der Waals surface area contributed by atoms with Crippen molar-refractivity contribution in [3.8, 4) is 0 Å². The van der Waals surface area contributed by atoms with E-state index in [4.69, 9.17) is 28.9 Å². The van der Waals surface area contributed by atoms with Crippen LogP contribution in [0.1, 0.15) is 38.2 Å². The molecule has 3 atom stereocenters. The minimum Gasteiger partial charge on any atom is -0.352 e. The Morgan fingerprint density at radius 1 is 1.38 bits per heavy atom. The monoisotopic (exact) mass is 328 g/mol. The Labute approximate surface area is 136 Å². The number of nitrogens with one attached hydrogen (secondary N) is 1. The molecule has 0 aliphatic heterocycles. The van der Waals surface area contributed by atoms with Crippen LogP contribution < -0.4 is 11.1 Å². The Kier molecular flexibility index (Phi) is 5.53. The van der Waals surface area contributed by atoms with Crippen LogP contribution in [0.5, 0.6) is 0 Å². The molecule has 1 fully saturated rings. The maximum atomic E-state index is 12.3. The van der Waals surface area contributed by atoms with Gasteiger partial charge >= 0.3 is 0 Å². The summed E-state index contributed by atoms with van der Waals surface area (Å²) in [5.74, 6) is 0.895. The molecule has 1 saturated carbocycles. The highest BCUT2D eigenvalue weighted by Gasteiger charge is 2.44. The van der Waals surface area contributed by atoms with E-state index in [1.807, 2.05) is 12.1 Å². The summed E-state index contributed by atoms with van der Waals surface area (Å²) in [7, 11) is 0. The van der Waals surface area contributed by atoms with Crippen LogP contribution in [-0.4, -0.2) is 18.5 Å². The number of carbonyl (C=O) groups is 1. The highest BCUT2D eigenvalue weighted by molar-refractivity contribution is 6.42. The SMILES string of the molecule is CC(C)CC(CN)NC(=O)C1CC1c1ccc(Cl)c(Cl)c1. The molecule has 1 aromatic carbocycles. The van der Waals surface area contributed by atoms with Gasteiger partial charge in [-0.3, -0.25) is 4.79 Å². The molecular formula is C16H22Cl2N2O. The number of nitrogens with two attached hydrogens (primary N) is 1. The molecule has 5 heteroatoms. The van der Waals surface area contributed by atoms with Crippen molar-refractivity contribution in [2.45, 2.75) is 38.6 Å². The maximum Gasteiger partial charge on any atom is 0.224 e. The average molecular weight is 329 g/mol. The van der Waals surface area contributed by atoms with Gasteiger partial charge in [0.1, 0.15) is 0 Å². The van der Waals surface area contributed by atoms with Gasteiger partial charge < -0.3 is 11.1 Å². The van der Waals surface area contributed by atoms with E-state index in [1.54, 1.807) is 6.07 Å². The Bertz CT molecular complexity index is 519. The standard InChI is InChI=1S/C16H22Cl2N2O/c1-9(2)5-11(8-19)20-16(21)13-7-12(13)10-3-4-14(17)15(18)6-10/h3-4,6,9,11-13H,5,7-8,19H2,1-2H3,(H,20,21). The summed E-state index contributed by atoms with van der Waals surface area (Å²) in [6.45, 7) is 4.74. The minimum atomic E-state index is 0.0310. The van der Waals surface area contributed by atoms with E-state index in [1.165, 1.54) is 0 Å². The Balaban J connectivity index is 1.92. The van der Waals surface area contributed by atoms with E-state index in [0.717, 1.165) is 18.4 Å². The largest absolute Gasteiger partial charge is 0.352 e. The number of benzene rings is 1. The van der Waals surface area contributed by atoms with E-state index < -0.39 is 0 Å². The molecular weight excluding hydrogens is 307 g/mol. The predicted octanol–water partition coefficient (Wildman–Crippen LogP) is 3.59. The molecule has 1 aromatic rings. The second kappa shape index (κ2) is 6.99. The zero-order valence-corrected chi connectivity index (χ0v) is 13.9. The molecule has 0 bridgehead atoms. The zero-order valence-electron chi connectivity index (χ0n) is 12.4. The molecule has 116 valence electrons. The number of amides is 1. The summed E-state index contributed by atoms with van der Waals surface area (Å²) in [6.07, 6.45) is 1.77. The third kappa shape index (κ3) is 4.35. The van der Waals surface area contributed by atoms with Crippen molar-refractivity contribution in [2.24, 2.45) is 17.6 Å². The summed E-state index contributed by atoms with van der Waals surface area (Å²) < 4.78 is 0. The number of halogens is 2. The van der Waals surface area contributed by atoms with E-state index in [0.29, 0.717) is 22.5 Å². The molecule has 3 N–H and O–H groups in total. The maximum absolute atomic E-state index is 12.3. The number of rotatable bonds is 6. The second-order valence-electron chi connectivity index (χ2n) is 6.19. The molecule has 0 spiro atoms. The highest BCUT2D eigenvalue weighted by Crippen LogP contribution is 2.48. The zero-order chi connectivity index (χ0) is 15.6. The first-order chi connectivity index (χ1) is 9.92. The Morgan fingerprint density at radius 3 is 2.67 bits per heavy atom. The van der Waals surface area contributed by atoms with E-state index >= 15 is 0 Å². The van der Waals surface area contributed by atoms with Gasteiger partial charge in [-0.2, -0.15) is 0 Å². The third-order valence-electron chi connectivity index (χ3n) is 3.89. The number of carbonyl (C=O) groups excluding carboxylic acids is 1. The van der Waals surface area contributed by atoms with Crippen molar-refractivity contribution in [2.75, 3.05) is 6.54 Å². The van der Waals surface area contributed by atoms with Crippen LogP contribution in [0, 0.1) is 11.8 Å². The summed E-state index contributed by atoms with van der Waals surface area (Å²) >= 11 is 11.9. The molecule has 2 rings (SSSR count). The molecule has 21 heavy (non-hydrogen) atoms. The third-order valence-corrected chi connectivity index (χ3v) is 4.62. The molecule has 0 radical (unpaired) electrons. The Hall–Kier alpha value is -0.770. The molecule has 1 aliphatic rings. The lowest BCUT2D eigenvalue weighted by molar-refractivity contribution is -0.123. The highest BCUT2D eigenvalue weighted by atomic mass is 35.5. The van der Waals surface area contributed by atoms with Crippen LogP contribution in [-0.2, 0) is 4.79 Å². The molecule has 0 aromatic heterocycles. The van der Waals surface area contributed by atoms with Crippen LogP contribution in [0.2, 0.25) is 10.0 Å². The van der Waals surface area contributed by atoms with Crippen LogP contribution in [0.3, 0.4) is 0 Å². The first-order valence-electron chi connectivity index (χ1n) is 7.37. The molecule has 0 saturated heterocycles. The summed E-state index contributed by atoms with van der Waals surface area (Å²) in [6, 6.07) is 5.65. The number of hydrogen-bond acceptors (Lipinski definition) is 2. The van der Waals surface area contributed by atoms with Crippen LogP contribution in [0.4, 0.5) is 0 Å². The lowest BCUT2D eigenvalue weighted by Gasteiger charge is -2.18. The first-order valence-corrected chi connectivity index (χ1v) is 8.13. The van der Waals surface area contributed by atoms with Crippen LogP contribution in [0.15, 0.2) is 18.2 Å². The van der Waals surface area contributed by atoms with Gasteiger partial charge in [0.2, 0.25) is 5.91 Å². The smallest absolute Gasteiger partial charge is 0.224 e. The van der Waals surface area contributed by atoms with E-state index in [2.05, 4.69) is 19.2 Å². The van der Waals surface area contributed by atoms with Crippen molar-refractivity contribution in [3.63, 3.8) is 0 Å². The minimum absolute atomic E-state index is 0.0310. The lowest BCUT2D eigenvalue weighted by Crippen LogP contribution is -2.41. The fourth-order valence-electron chi connectivity index (χ4n) is 2.69. The summed E-state index contributed by atoms with van der Waals surface area (Å²) in [5.41, 5.74) is 6.81. The van der Waals surface area contributed by atoms with Gasteiger partial charge in [0.25, 0.3) is 0 Å². The summed E-state index contributed by atoms with van der Waals surface area (Å²) in [5, 5.41) is 4.15. The fraction of sp³-hybridized carbons (Fsp3) is 0.562. The molecule has 1 amide bonds. The van der Waals surface area contributed by atoms with Crippen molar-refractivity contribution in [1.82, 2.24) is 5.32 Å². The summed E-state index contributed by atoms with van der Waals surface area (Å²) in [4.78, 5) is 12.3. The quantitative estimate of drug-likeness (QED) is 0.838. The van der Waals surface area contributed by atoms with Crippen LogP contribution in [0.25, 0.3) is 0 Å². The van der Waals surface area contributed by atoms with Gasteiger partial charge in [0.05, 0.1) is 10.0 Å². The van der Waals surface area contributed by atoms with Crippen LogP contribution >= 0.6 is 23.2 Å². The second-order valence-corrected chi connectivity index (χ2v) is 7.01. The van der Waals surface area contributed by atoms with Gasteiger partial charge in [0.15, 0.2) is 0 Å². The predicted molar refractivity (Wildman–Crippen MR) is 87.8 cm³/mol. The first kappa shape index (κ1) is 16.6. The fourth-order valence-corrected chi connectivity index (χ4v) is 2.99. The topological polar surface area (TPSA) is 55.1 Å². The van der Waals surface area contributed by atoms with Crippen molar-refractivity contribution in [3.05, 3.63) is 33.8 Å². The molecule has 3 nitrogen and oxygen atoms in total. The van der Waals surface area contributed by atoms with E-state index in [9.17, 15) is 4.79 Å². The molecule has 1 aliphatic carbocycles. The van der Waals surface area contributed by atoms with Gasteiger partial charge in [-0.1, -0.05) is 43.1 Å². The van der Waals surface area contributed by atoms with Gasteiger partial charge in [-0.25, -0.2) is 0 Å². The van der Waals surface area contributed by atoms with Crippen molar-refractivity contribution >= 4 is 29.1 Å². The van der Waals surface area contributed by atoms with E-state index in [-0.39, 0.29) is 23.8 Å². The van der Waals surface area contributed by atoms with Crippen molar-refractivity contribution in [1.29, 1.82) is 0 Å². The van der Waals surface area contributed by atoms with Gasteiger partial charge in [0, 0.05) is 18.5 Å². The lowest BCUT2D eigenvalue weighted by atomic mass is 10.0. The molecule has 0 heterocycles. The van der Waals surface area contributed by atoms with Gasteiger partial charge in [-0.15, -0.1) is 0 Å². The number of hydrogen-bond donors (Lipinski definition) is 2. The van der Waals surface area contributed by atoms with Crippen molar-refractivity contribution < 1.29 is 4.79 Å². The average Bonchev–Trinajstić information content (AvgIpc) is 3.21. The Morgan fingerprint density at radius 2 is 2.10 bits per heavy atom. The normalized spacial score (nSPS) is 22.2.